The Kier molecular flexibility index (Phi) is 4.60. The molecule has 2 N–H and O–H groups in total. The zero-order chi connectivity index (χ0) is 14.0. The molecule has 5 heteroatoms. The van der Waals surface area contributed by atoms with Gasteiger partial charge in [-0.2, -0.15) is 0 Å². The number of ether oxygens (including phenoxy) is 1. The van der Waals surface area contributed by atoms with Gasteiger partial charge in [0.05, 0.1) is 0 Å². The van der Waals surface area contributed by atoms with Crippen LogP contribution in [0.25, 0.3) is 0 Å². The second kappa shape index (κ2) is 6.03. The number of hydrogen-bond acceptors (Lipinski definition) is 3. The third-order valence-corrected chi connectivity index (χ3v) is 4.50. The van der Waals surface area contributed by atoms with Crippen LogP contribution in [0, 0.1) is 12.7 Å². The summed E-state index contributed by atoms with van der Waals surface area (Å²) in [6.07, 6.45) is -0.281. The van der Waals surface area contributed by atoms with Crippen LogP contribution in [-0.4, -0.2) is 6.04 Å². The summed E-state index contributed by atoms with van der Waals surface area (Å²) in [5.41, 5.74) is 6.88. The Morgan fingerprint density at radius 1 is 1.37 bits per heavy atom. The molecule has 0 fully saturated rings. The van der Waals surface area contributed by atoms with Crippen LogP contribution < -0.4 is 10.5 Å². The van der Waals surface area contributed by atoms with Gasteiger partial charge < -0.3 is 10.5 Å². The van der Waals surface area contributed by atoms with Gasteiger partial charge in [0.1, 0.15) is 17.7 Å². The number of halogens is 2. The van der Waals surface area contributed by atoms with Gasteiger partial charge in [-0.15, -0.1) is 11.3 Å². The maximum Gasteiger partial charge on any atom is 0.148 e. The molecule has 0 radical (unpaired) electrons. The molecule has 19 heavy (non-hydrogen) atoms. The highest BCUT2D eigenvalue weighted by Gasteiger charge is 2.21. The van der Waals surface area contributed by atoms with Gasteiger partial charge in [-0.3, -0.25) is 0 Å². The number of hydrogen-bond donors (Lipinski definition) is 1. The summed E-state index contributed by atoms with van der Waals surface area (Å²) in [5, 5.41) is 1.98. The largest absolute Gasteiger partial charge is 0.483 e. The van der Waals surface area contributed by atoms with Gasteiger partial charge in [-0.1, -0.05) is 6.07 Å². The van der Waals surface area contributed by atoms with E-state index in [1.54, 1.807) is 17.4 Å². The van der Waals surface area contributed by atoms with Crippen molar-refractivity contribution in [1.82, 2.24) is 0 Å². The zero-order valence-electron chi connectivity index (χ0n) is 10.7. The van der Waals surface area contributed by atoms with E-state index in [1.807, 2.05) is 25.3 Å². The van der Waals surface area contributed by atoms with Gasteiger partial charge in [0.2, 0.25) is 0 Å². The van der Waals surface area contributed by atoms with Crippen molar-refractivity contribution in [2.75, 3.05) is 0 Å². The fourth-order valence-electron chi connectivity index (χ4n) is 1.74. The molecule has 0 bridgehead atoms. The van der Waals surface area contributed by atoms with Gasteiger partial charge in [0, 0.05) is 26.8 Å². The summed E-state index contributed by atoms with van der Waals surface area (Å²) in [4.78, 5) is 1.02. The van der Waals surface area contributed by atoms with Crippen LogP contribution in [0.15, 0.2) is 34.1 Å². The molecule has 0 saturated heterocycles. The van der Waals surface area contributed by atoms with Crippen LogP contribution in [0.3, 0.4) is 0 Å². The van der Waals surface area contributed by atoms with Crippen molar-refractivity contribution in [1.29, 1.82) is 0 Å². The Hall–Kier alpha value is -0.910. The molecule has 2 nitrogen and oxygen atoms in total. The maximum atomic E-state index is 13.3. The Balaban J connectivity index is 2.29. The van der Waals surface area contributed by atoms with E-state index in [0.717, 1.165) is 14.9 Å². The predicted molar refractivity (Wildman–Crippen MR) is 80.2 cm³/mol. The van der Waals surface area contributed by atoms with E-state index in [4.69, 9.17) is 10.5 Å². The van der Waals surface area contributed by atoms with Crippen molar-refractivity contribution < 1.29 is 9.13 Å². The molecular formula is C14H15BrFNOS. The lowest BCUT2D eigenvalue weighted by molar-refractivity contribution is 0.182. The predicted octanol–water partition coefficient (Wildman–Crippen LogP) is 4.43. The van der Waals surface area contributed by atoms with E-state index >= 15 is 0 Å². The van der Waals surface area contributed by atoms with E-state index in [1.165, 1.54) is 12.1 Å². The lowest BCUT2D eigenvalue weighted by Crippen LogP contribution is -2.28. The molecule has 102 valence electrons. The molecule has 2 unspecified atom stereocenters. The van der Waals surface area contributed by atoms with Gasteiger partial charge in [0.25, 0.3) is 0 Å². The van der Waals surface area contributed by atoms with Crippen molar-refractivity contribution in [3.8, 4) is 5.75 Å². The first-order chi connectivity index (χ1) is 8.97. The van der Waals surface area contributed by atoms with Gasteiger partial charge >= 0.3 is 0 Å². The molecule has 1 aromatic heterocycles. The minimum Gasteiger partial charge on any atom is -0.483 e. The summed E-state index contributed by atoms with van der Waals surface area (Å²) >= 11 is 4.98. The third kappa shape index (κ3) is 3.55. The molecular weight excluding hydrogens is 329 g/mol. The molecule has 0 aliphatic carbocycles. The van der Waals surface area contributed by atoms with E-state index in [2.05, 4.69) is 15.9 Å². The van der Waals surface area contributed by atoms with Crippen LogP contribution in [0.1, 0.15) is 23.5 Å². The standard InChI is InChI=1S/C14H15BrFNOS/c1-8-3-4-11(16)6-12(8)18-14(9(2)17)13-5-10(15)7-19-13/h3-7,9,14H,17H2,1-2H3. The Morgan fingerprint density at radius 3 is 2.68 bits per heavy atom. The molecule has 0 aliphatic heterocycles. The fourth-order valence-corrected chi connectivity index (χ4v) is 3.33. The molecule has 1 heterocycles. The van der Waals surface area contributed by atoms with E-state index < -0.39 is 0 Å². The van der Waals surface area contributed by atoms with Crippen LogP contribution in [0.2, 0.25) is 0 Å². The Bertz CT molecular complexity index is 570. The molecule has 0 aliphatic rings. The molecule has 2 aromatic rings. The highest BCUT2D eigenvalue weighted by molar-refractivity contribution is 9.10. The van der Waals surface area contributed by atoms with Gasteiger partial charge in [-0.05, 0) is 47.5 Å². The number of aryl methyl sites for hydroxylation is 1. The highest BCUT2D eigenvalue weighted by atomic mass is 79.9. The average Bonchev–Trinajstić information content (AvgIpc) is 2.76. The van der Waals surface area contributed by atoms with Crippen molar-refractivity contribution in [2.45, 2.75) is 26.0 Å². The smallest absolute Gasteiger partial charge is 0.148 e. The lowest BCUT2D eigenvalue weighted by atomic mass is 10.1. The number of nitrogens with two attached hydrogens (primary N) is 1. The normalized spacial score (nSPS) is 14.2. The molecule has 2 atom stereocenters. The maximum absolute atomic E-state index is 13.3. The molecule has 0 amide bonds. The van der Waals surface area contributed by atoms with Crippen LogP contribution in [-0.2, 0) is 0 Å². The van der Waals surface area contributed by atoms with Crippen molar-refractivity contribution in [2.24, 2.45) is 5.73 Å². The molecule has 0 saturated carbocycles. The summed E-state index contributed by atoms with van der Waals surface area (Å²) in [6, 6.07) is 6.31. The third-order valence-electron chi connectivity index (χ3n) is 2.75. The quantitative estimate of drug-likeness (QED) is 0.891. The number of benzene rings is 1. The Labute approximate surface area is 124 Å². The lowest BCUT2D eigenvalue weighted by Gasteiger charge is -2.22. The van der Waals surface area contributed by atoms with Crippen LogP contribution >= 0.6 is 27.3 Å². The summed E-state index contributed by atoms with van der Waals surface area (Å²) in [5.74, 6) is 0.225. The van der Waals surface area contributed by atoms with Crippen LogP contribution in [0.5, 0.6) is 5.75 Å². The molecule has 0 spiro atoms. The summed E-state index contributed by atoms with van der Waals surface area (Å²) < 4.78 is 20.2. The van der Waals surface area contributed by atoms with E-state index in [-0.39, 0.29) is 18.0 Å². The highest BCUT2D eigenvalue weighted by Crippen LogP contribution is 2.32. The minimum absolute atomic E-state index is 0.187. The van der Waals surface area contributed by atoms with Gasteiger partial charge in [0.15, 0.2) is 0 Å². The van der Waals surface area contributed by atoms with Crippen molar-refractivity contribution >= 4 is 27.3 Å². The number of thiophene rings is 1. The molecule has 2 rings (SSSR count). The first-order valence-corrected chi connectivity index (χ1v) is 7.57. The molecule has 1 aromatic carbocycles. The topological polar surface area (TPSA) is 35.2 Å². The van der Waals surface area contributed by atoms with Crippen LogP contribution in [0.4, 0.5) is 4.39 Å². The number of rotatable bonds is 4. The first-order valence-electron chi connectivity index (χ1n) is 5.89. The second-order valence-corrected chi connectivity index (χ2v) is 6.33. The minimum atomic E-state index is -0.309. The fraction of sp³-hybridized carbons (Fsp3) is 0.286. The average molecular weight is 344 g/mol. The van der Waals surface area contributed by atoms with Crippen molar-refractivity contribution in [3.63, 3.8) is 0 Å². The monoisotopic (exact) mass is 343 g/mol. The first kappa shape index (κ1) is 14.5. The van der Waals surface area contributed by atoms with E-state index in [9.17, 15) is 4.39 Å². The van der Waals surface area contributed by atoms with Crippen molar-refractivity contribution in [3.05, 3.63) is 50.4 Å². The second-order valence-electron chi connectivity index (χ2n) is 4.47. The van der Waals surface area contributed by atoms with E-state index in [0.29, 0.717) is 5.75 Å². The summed E-state index contributed by atoms with van der Waals surface area (Å²) in [7, 11) is 0. The van der Waals surface area contributed by atoms with Gasteiger partial charge in [-0.25, -0.2) is 4.39 Å². The summed E-state index contributed by atoms with van der Waals surface area (Å²) in [6.45, 7) is 3.77. The SMILES string of the molecule is Cc1ccc(F)cc1OC(c1cc(Br)cs1)C(C)N. The zero-order valence-corrected chi connectivity index (χ0v) is 13.1. The Morgan fingerprint density at radius 2 is 2.11 bits per heavy atom.